The molecule has 0 aromatic heterocycles. The summed E-state index contributed by atoms with van der Waals surface area (Å²) >= 11 is 0. The van der Waals surface area contributed by atoms with E-state index in [4.69, 9.17) is 5.11 Å². The molecule has 0 fully saturated rings. The fourth-order valence-electron chi connectivity index (χ4n) is 2.14. The Balaban J connectivity index is 0.000000257. The van der Waals surface area contributed by atoms with E-state index < -0.39 is 5.97 Å². The normalized spacial score (nSPS) is 11.5. The minimum absolute atomic E-state index is 0.160. The first-order valence-electron chi connectivity index (χ1n) is 6.19. The van der Waals surface area contributed by atoms with Gasteiger partial charge in [-0.3, -0.25) is 4.79 Å². The lowest BCUT2D eigenvalue weighted by Crippen LogP contribution is -2.14. The highest BCUT2D eigenvalue weighted by molar-refractivity contribution is 6.12. The van der Waals surface area contributed by atoms with Crippen LogP contribution in [0.3, 0.4) is 0 Å². The van der Waals surface area contributed by atoms with E-state index in [2.05, 4.69) is 6.58 Å². The number of aliphatic carboxylic acids is 1. The predicted octanol–water partition coefficient (Wildman–Crippen LogP) is 3.08. The van der Waals surface area contributed by atoms with Gasteiger partial charge in [0.05, 0.1) is 0 Å². The maximum absolute atomic E-state index is 12.1. The van der Waals surface area contributed by atoms with E-state index in [0.717, 1.165) is 34.8 Å². The zero-order chi connectivity index (χ0) is 14.5. The molecule has 0 aliphatic heterocycles. The van der Waals surface area contributed by atoms with Crippen LogP contribution in [0.4, 0.5) is 0 Å². The standard InChI is InChI=1S/C14H10O.C3H4O2/c15-14-12-7-3-1-5-10(12)9-11-6-2-4-8-13(11)14;1-2-3(4)5/h1-8H,9H2;2H,1H2,(H,4,5). The molecule has 0 bridgehead atoms. The van der Waals surface area contributed by atoms with Gasteiger partial charge in [-0.05, 0) is 17.5 Å². The lowest BCUT2D eigenvalue weighted by Gasteiger charge is -2.17. The summed E-state index contributed by atoms with van der Waals surface area (Å²) in [6.07, 6.45) is 1.71. The number of carbonyl (C=O) groups is 2. The van der Waals surface area contributed by atoms with E-state index in [0.29, 0.717) is 0 Å². The Morgan fingerprint density at radius 2 is 1.40 bits per heavy atom. The zero-order valence-corrected chi connectivity index (χ0v) is 10.9. The molecule has 0 saturated heterocycles. The summed E-state index contributed by atoms with van der Waals surface area (Å²) in [5.74, 6) is -0.822. The van der Waals surface area contributed by atoms with Crippen LogP contribution in [-0.2, 0) is 11.2 Å². The van der Waals surface area contributed by atoms with Crippen molar-refractivity contribution in [3.63, 3.8) is 0 Å². The molecule has 0 spiro atoms. The van der Waals surface area contributed by atoms with Crippen LogP contribution in [0.15, 0.2) is 61.2 Å². The Morgan fingerprint density at radius 3 is 1.80 bits per heavy atom. The molecule has 1 N–H and O–H groups in total. The van der Waals surface area contributed by atoms with Crippen molar-refractivity contribution >= 4 is 11.8 Å². The number of benzene rings is 2. The van der Waals surface area contributed by atoms with Crippen LogP contribution in [0.2, 0.25) is 0 Å². The van der Waals surface area contributed by atoms with Crippen molar-refractivity contribution in [3.05, 3.63) is 83.4 Å². The van der Waals surface area contributed by atoms with Crippen molar-refractivity contribution in [2.45, 2.75) is 6.42 Å². The fraction of sp³-hybridized carbons (Fsp3) is 0.0588. The van der Waals surface area contributed by atoms with Crippen LogP contribution in [0, 0.1) is 0 Å². The second-order valence-corrected chi connectivity index (χ2v) is 4.36. The van der Waals surface area contributed by atoms with Gasteiger partial charge in [-0.2, -0.15) is 0 Å². The lowest BCUT2D eigenvalue weighted by molar-refractivity contribution is -0.131. The molecule has 2 aromatic rings. The maximum Gasteiger partial charge on any atom is 0.327 e. The molecule has 0 saturated carbocycles. The van der Waals surface area contributed by atoms with Crippen molar-refractivity contribution < 1.29 is 14.7 Å². The number of carboxylic acids is 1. The largest absolute Gasteiger partial charge is 0.478 e. The number of fused-ring (bicyclic) bond motifs is 2. The second-order valence-electron chi connectivity index (χ2n) is 4.36. The minimum atomic E-state index is -0.981. The summed E-state index contributed by atoms with van der Waals surface area (Å²) in [6.45, 7) is 2.96. The molecule has 0 atom stereocenters. The molecule has 20 heavy (non-hydrogen) atoms. The molecule has 3 heteroatoms. The number of rotatable bonds is 1. The van der Waals surface area contributed by atoms with Crippen LogP contribution in [0.1, 0.15) is 27.0 Å². The number of carboxylic acid groups (broad SMARTS) is 1. The SMILES string of the molecule is C=CC(=O)O.O=C1c2ccccc2Cc2ccccc21. The second kappa shape index (κ2) is 5.97. The lowest BCUT2D eigenvalue weighted by atomic mass is 9.85. The van der Waals surface area contributed by atoms with E-state index in [1.807, 2.05) is 48.5 Å². The molecule has 1 aliphatic rings. The summed E-state index contributed by atoms with van der Waals surface area (Å²) in [5, 5.41) is 7.60. The quantitative estimate of drug-likeness (QED) is 0.689. The number of hydrogen-bond acceptors (Lipinski definition) is 2. The van der Waals surface area contributed by atoms with Gasteiger partial charge in [0.25, 0.3) is 0 Å². The third-order valence-corrected chi connectivity index (χ3v) is 3.08. The topological polar surface area (TPSA) is 54.4 Å². The molecule has 0 unspecified atom stereocenters. The van der Waals surface area contributed by atoms with Gasteiger partial charge in [0.1, 0.15) is 0 Å². The maximum atomic E-state index is 12.1. The van der Waals surface area contributed by atoms with E-state index >= 15 is 0 Å². The van der Waals surface area contributed by atoms with Crippen molar-refractivity contribution in [1.82, 2.24) is 0 Å². The van der Waals surface area contributed by atoms with Gasteiger partial charge in [-0.25, -0.2) is 4.79 Å². The molecule has 0 radical (unpaired) electrons. The Hall–Kier alpha value is -2.68. The highest BCUT2D eigenvalue weighted by Gasteiger charge is 2.21. The Morgan fingerprint density at radius 1 is 1.00 bits per heavy atom. The molecule has 1 aliphatic carbocycles. The molecule has 0 heterocycles. The van der Waals surface area contributed by atoms with Crippen molar-refractivity contribution in [2.75, 3.05) is 0 Å². The molecular weight excluding hydrogens is 252 g/mol. The van der Waals surface area contributed by atoms with Crippen LogP contribution in [-0.4, -0.2) is 16.9 Å². The van der Waals surface area contributed by atoms with Gasteiger partial charge in [-0.1, -0.05) is 55.1 Å². The molecule has 0 amide bonds. The molecule has 3 nitrogen and oxygen atoms in total. The summed E-state index contributed by atoms with van der Waals surface area (Å²) in [7, 11) is 0. The van der Waals surface area contributed by atoms with Crippen molar-refractivity contribution in [3.8, 4) is 0 Å². The summed E-state index contributed by atoms with van der Waals surface area (Å²) in [5.41, 5.74) is 4.00. The van der Waals surface area contributed by atoms with E-state index in [1.54, 1.807) is 0 Å². The van der Waals surface area contributed by atoms with E-state index in [9.17, 15) is 9.59 Å². The third-order valence-electron chi connectivity index (χ3n) is 3.08. The van der Waals surface area contributed by atoms with Crippen LogP contribution >= 0.6 is 0 Å². The summed E-state index contributed by atoms with van der Waals surface area (Å²) < 4.78 is 0. The highest BCUT2D eigenvalue weighted by Crippen LogP contribution is 2.26. The fourth-order valence-corrected chi connectivity index (χ4v) is 2.14. The third kappa shape index (κ3) is 2.83. The zero-order valence-electron chi connectivity index (χ0n) is 10.9. The minimum Gasteiger partial charge on any atom is -0.478 e. The van der Waals surface area contributed by atoms with Crippen molar-refractivity contribution in [2.24, 2.45) is 0 Å². The first-order chi connectivity index (χ1) is 9.63. The Labute approximate surface area is 117 Å². The van der Waals surface area contributed by atoms with Crippen LogP contribution < -0.4 is 0 Å². The smallest absolute Gasteiger partial charge is 0.327 e. The van der Waals surface area contributed by atoms with E-state index in [-0.39, 0.29) is 5.78 Å². The highest BCUT2D eigenvalue weighted by atomic mass is 16.4. The molecule has 100 valence electrons. The number of hydrogen-bond donors (Lipinski definition) is 1. The van der Waals surface area contributed by atoms with Gasteiger partial charge in [-0.15, -0.1) is 0 Å². The summed E-state index contributed by atoms with van der Waals surface area (Å²) in [4.78, 5) is 21.4. The average Bonchev–Trinajstić information content (AvgIpc) is 2.48. The van der Waals surface area contributed by atoms with Gasteiger partial charge in [0.2, 0.25) is 0 Å². The molecular formula is C17H14O3. The van der Waals surface area contributed by atoms with Gasteiger partial charge in [0.15, 0.2) is 5.78 Å². The Kier molecular flexibility index (Phi) is 4.11. The first kappa shape index (κ1) is 13.7. The molecule has 2 aromatic carbocycles. The first-order valence-corrected chi connectivity index (χ1v) is 6.19. The average molecular weight is 266 g/mol. The monoisotopic (exact) mass is 266 g/mol. The molecule has 3 rings (SSSR count). The summed E-state index contributed by atoms with van der Waals surface area (Å²) in [6, 6.07) is 15.7. The van der Waals surface area contributed by atoms with Crippen molar-refractivity contribution in [1.29, 1.82) is 0 Å². The number of ketones is 1. The van der Waals surface area contributed by atoms with E-state index in [1.165, 1.54) is 0 Å². The predicted molar refractivity (Wildman–Crippen MR) is 77.0 cm³/mol. The van der Waals surface area contributed by atoms with Crippen LogP contribution in [0.5, 0.6) is 0 Å². The van der Waals surface area contributed by atoms with Gasteiger partial charge < -0.3 is 5.11 Å². The number of carbonyl (C=O) groups excluding carboxylic acids is 1. The Bertz CT molecular complexity index is 624. The van der Waals surface area contributed by atoms with Crippen LogP contribution in [0.25, 0.3) is 0 Å². The van der Waals surface area contributed by atoms with Gasteiger partial charge in [0, 0.05) is 17.2 Å². The van der Waals surface area contributed by atoms with Gasteiger partial charge >= 0.3 is 5.97 Å².